The van der Waals surface area contributed by atoms with Gasteiger partial charge in [0.15, 0.2) is 0 Å². The zero-order valence-electron chi connectivity index (χ0n) is 26.5. The van der Waals surface area contributed by atoms with Gasteiger partial charge < -0.3 is 20.3 Å². The number of sulfonamides is 1. The number of nitrogens with zero attached hydrogens (tertiary/aromatic N) is 4. The van der Waals surface area contributed by atoms with Crippen LogP contribution in [-0.2, 0) is 32.5 Å². The molecule has 1 unspecified atom stereocenters. The van der Waals surface area contributed by atoms with Gasteiger partial charge in [0.1, 0.15) is 12.4 Å². The van der Waals surface area contributed by atoms with Crippen LogP contribution in [0.25, 0.3) is 0 Å². The Kier molecular flexibility index (Phi) is 11.4. The monoisotopic (exact) mass is 640 g/mol. The smallest absolute Gasteiger partial charge is 0.226 e. The van der Waals surface area contributed by atoms with E-state index < -0.39 is 10.0 Å². The Hall–Kier alpha value is -3.09. The van der Waals surface area contributed by atoms with Crippen molar-refractivity contribution in [1.82, 2.24) is 29.8 Å². The third-order valence-electron chi connectivity index (χ3n) is 9.57. The van der Waals surface area contributed by atoms with E-state index in [1.165, 1.54) is 16.1 Å². The molecule has 2 fully saturated rings. The minimum absolute atomic E-state index is 0.0348. The lowest BCUT2D eigenvalue weighted by atomic mass is 9.73. The number of para-hydroxylation sites is 1. The molecule has 1 atom stereocenters. The number of nitrogens with one attached hydrogen (secondary N) is 2. The fourth-order valence-electron chi connectivity index (χ4n) is 6.90. The molecule has 5 rings (SSSR count). The zero-order valence-corrected chi connectivity index (χ0v) is 27.3. The maximum atomic E-state index is 13.4. The molecule has 4 heterocycles. The van der Waals surface area contributed by atoms with E-state index in [2.05, 4.69) is 37.6 Å². The molecule has 3 aliphatic rings. The van der Waals surface area contributed by atoms with Crippen molar-refractivity contribution in [2.45, 2.75) is 76.7 Å². The molecule has 2 saturated heterocycles. The van der Waals surface area contributed by atoms with Crippen LogP contribution >= 0.6 is 0 Å². The topological polar surface area (TPSA) is 134 Å². The van der Waals surface area contributed by atoms with Gasteiger partial charge in [-0.3, -0.25) is 19.6 Å². The third kappa shape index (κ3) is 9.01. The molecule has 1 aromatic heterocycles. The van der Waals surface area contributed by atoms with Crippen molar-refractivity contribution in [3.8, 4) is 5.75 Å². The number of amides is 2. The molecule has 11 nitrogen and oxygen atoms in total. The number of hydrogen-bond acceptors (Lipinski definition) is 8. The second-order valence-electron chi connectivity index (χ2n) is 12.7. The predicted octanol–water partition coefficient (Wildman–Crippen LogP) is 3.02. The summed E-state index contributed by atoms with van der Waals surface area (Å²) in [4.78, 5) is 37.2. The van der Waals surface area contributed by atoms with Crippen LogP contribution < -0.4 is 15.4 Å². The van der Waals surface area contributed by atoms with E-state index in [0.717, 1.165) is 83.2 Å². The molecule has 1 spiro atoms. The predicted molar refractivity (Wildman–Crippen MR) is 172 cm³/mol. The standard InChI is InChI=1S/C33H48N6O5S/c1-45(42,43)39-19-7-10-29(39)28-25-36-27(24-37-28)12-13-31(40)34-17-22-38-20-15-33(16-21-38)14-6-2-3-8-26-9-4-5-11-30(26)44-23-18-35-32(33)41/h4-5,9,11,24-25,29H,2-3,6-8,10,12-23H2,1H3,(H,34,40)(H,35,41). The number of fused-ring (bicyclic) bond motifs is 1. The van der Waals surface area contributed by atoms with Gasteiger partial charge in [-0.15, -0.1) is 0 Å². The third-order valence-corrected chi connectivity index (χ3v) is 10.9. The summed E-state index contributed by atoms with van der Waals surface area (Å²) in [6.07, 6.45) is 13.6. The van der Waals surface area contributed by atoms with Gasteiger partial charge in [-0.1, -0.05) is 31.0 Å². The molecule has 0 bridgehead atoms. The van der Waals surface area contributed by atoms with E-state index >= 15 is 0 Å². The van der Waals surface area contributed by atoms with Gasteiger partial charge in [0, 0.05) is 32.3 Å². The van der Waals surface area contributed by atoms with Crippen LogP contribution in [0.4, 0.5) is 0 Å². The highest BCUT2D eigenvalue weighted by Crippen LogP contribution is 2.37. The molecule has 2 N–H and O–H groups in total. The van der Waals surface area contributed by atoms with Crippen LogP contribution in [0.5, 0.6) is 5.75 Å². The van der Waals surface area contributed by atoms with Crippen LogP contribution in [0.15, 0.2) is 36.7 Å². The highest BCUT2D eigenvalue weighted by Gasteiger charge is 2.40. The lowest BCUT2D eigenvalue weighted by molar-refractivity contribution is -0.134. The first-order valence-corrected chi connectivity index (χ1v) is 18.3. The summed E-state index contributed by atoms with van der Waals surface area (Å²) in [5.74, 6) is 1.04. The van der Waals surface area contributed by atoms with Crippen molar-refractivity contribution in [1.29, 1.82) is 0 Å². The van der Waals surface area contributed by atoms with Crippen LogP contribution in [0.1, 0.15) is 80.8 Å². The highest BCUT2D eigenvalue weighted by molar-refractivity contribution is 7.88. The first-order valence-electron chi connectivity index (χ1n) is 16.5. The molecule has 246 valence electrons. The Morgan fingerprint density at radius 3 is 2.67 bits per heavy atom. The molecule has 0 radical (unpaired) electrons. The molecule has 0 aliphatic carbocycles. The Bertz CT molecular complexity index is 1390. The summed E-state index contributed by atoms with van der Waals surface area (Å²) in [7, 11) is -3.29. The largest absolute Gasteiger partial charge is 0.491 e. The summed E-state index contributed by atoms with van der Waals surface area (Å²) in [6, 6.07) is 7.93. The zero-order chi connectivity index (χ0) is 31.7. The van der Waals surface area contributed by atoms with E-state index in [1.54, 1.807) is 12.4 Å². The van der Waals surface area contributed by atoms with Crippen molar-refractivity contribution >= 4 is 21.8 Å². The summed E-state index contributed by atoms with van der Waals surface area (Å²) >= 11 is 0. The summed E-state index contributed by atoms with van der Waals surface area (Å²) in [6.45, 7) is 4.46. The first kappa shape index (κ1) is 33.3. The van der Waals surface area contributed by atoms with Crippen molar-refractivity contribution < 1.29 is 22.7 Å². The van der Waals surface area contributed by atoms with E-state index in [4.69, 9.17) is 4.74 Å². The van der Waals surface area contributed by atoms with Gasteiger partial charge >= 0.3 is 0 Å². The van der Waals surface area contributed by atoms with E-state index in [9.17, 15) is 18.0 Å². The minimum atomic E-state index is -3.29. The van der Waals surface area contributed by atoms with Gasteiger partial charge in [0.2, 0.25) is 21.8 Å². The molecule has 2 amide bonds. The van der Waals surface area contributed by atoms with Gasteiger partial charge in [0.25, 0.3) is 0 Å². The normalized spacial score (nSPS) is 21.9. The van der Waals surface area contributed by atoms with E-state index in [1.807, 2.05) is 12.1 Å². The van der Waals surface area contributed by atoms with Crippen molar-refractivity contribution in [3.05, 3.63) is 53.6 Å². The number of carbonyl (C=O) groups excluding carboxylic acids is 2. The number of piperidine rings is 1. The Morgan fingerprint density at radius 2 is 1.89 bits per heavy atom. The molecule has 0 saturated carbocycles. The highest BCUT2D eigenvalue weighted by atomic mass is 32.2. The second-order valence-corrected chi connectivity index (χ2v) is 14.6. The summed E-state index contributed by atoms with van der Waals surface area (Å²) in [5.41, 5.74) is 2.27. The van der Waals surface area contributed by atoms with Gasteiger partial charge in [-0.25, -0.2) is 8.42 Å². The number of likely N-dealkylation sites (tertiary alicyclic amines) is 1. The average molecular weight is 641 g/mol. The molecular weight excluding hydrogens is 592 g/mol. The lowest BCUT2D eigenvalue weighted by Gasteiger charge is -2.41. The molecule has 45 heavy (non-hydrogen) atoms. The Labute approximate surface area is 267 Å². The minimum Gasteiger partial charge on any atom is -0.491 e. The Balaban J connectivity index is 1.02. The number of benzene rings is 1. The second kappa shape index (κ2) is 15.5. The number of ether oxygens (including phenoxy) is 1. The van der Waals surface area contributed by atoms with Crippen molar-refractivity contribution in [2.24, 2.45) is 5.41 Å². The number of rotatable bonds is 8. The van der Waals surface area contributed by atoms with E-state index in [-0.39, 0.29) is 23.3 Å². The van der Waals surface area contributed by atoms with Crippen molar-refractivity contribution in [3.63, 3.8) is 0 Å². The number of aryl methyl sites for hydroxylation is 2. The summed E-state index contributed by atoms with van der Waals surface area (Å²) in [5, 5.41) is 6.19. The van der Waals surface area contributed by atoms with Crippen LogP contribution in [-0.4, -0.2) is 91.5 Å². The van der Waals surface area contributed by atoms with Gasteiger partial charge in [-0.2, -0.15) is 4.31 Å². The molecule has 2 aromatic rings. The van der Waals surface area contributed by atoms with Crippen LogP contribution in [0, 0.1) is 5.41 Å². The van der Waals surface area contributed by atoms with Gasteiger partial charge in [-0.05, 0) is 76.1 Å². The van der Waals surface area contributed by atoms with Crippen LogP contribution in [0.3, 0.4) is 0 Å². The van der Waals surface area contributed by atoms with Crippen LogP contribution in [0.2, 0.25) is 0 Å². The average Bonchev–Trinajstić information content (AvgIpc) is 3.55. The number of carbonyl (C=O) groups is 2. The number of aromatic nitrogens is 2. The molecular formula is C33H48N6O5S. The Morgan fingerprint density at radius 1 is 1.07 bits per heavy atom. The number of hydrogen-bond donors (Lipinski definition) is 2. The first-order chi connectivity index (χ1) is 21.7. The van der Waals surface area contributed by atoms with Gasteiger partial charge in [0.05, 0.1) is 41.8 Å². The maximum absolute atomic E-state index is 13.4. The molecule has 12 heteroatoms. The quantitative estimate of drug-likeness (QED) is 0.450. The lowest BCUT2D eigenvalue weighted by Crippen LogP contribution is -2.50. The molecule has 3 aliphatic heterocycles. The SMILES string of the molecule is CS(=O)(=O)N1CCCC1c1cnc(CCC(=O)NCCN2CCC3(CCCCCc4ccccc4OCCNC3=O)CC2)cn1. The summed E-state index contributed by atoms with van der Waals surface area (Å²) < 4.78 is 31.6. The van der Waals surface area contributed by atoms with Crippen molar-refractivity contribution in [2.75, 3.05) is 52.1 Å². The fraction of sp³-hybridized carbons (Fsp3) is 0.636. The molecule has 1 aromatic carbocycles. The van der Waals surface area contributed by atoms with E-state index in [0.29, 0.717) is 50.5 Å². The maximum Gasteiger partial charge on any atom is 0.226 e. The fourth-order valence-corrected chi connectivity index (χ4v) is 8.03.